The lowest BCUT2D eigenvalue weighted by atomic mass is 10.0. The SMILES string of the molecule is CCC(CCO)CNC(=O)c1sc2ccc(C)cc2c1N. The standard InChI is InChI=1S/C16H22N2O2S/c1-3-11(6-7-19)9-18-16(20)15-14(17)12-8-10(2)4-5-13(12)21-15/h4-5,8,11,19H,3,6-7,9,17H2,1-2H3,(H,18,20). The Balaban J connectivity index is 2.14. The number of anilines is 1. The molecule has 0 aliphatic carbocycles. The number of benzene rings is 1. The molecule has 1 heterocycles. The molecule has 1 amide bonds. The Kier molecular flexibility index (Phi) is 5.20. The molecule has 0 bridgehead atoms. The van der Waals surface area contributed by atoms with E-state index in [1.165, 1.54) is 11.3 Å². The highest BCUT2D eigenvalue weighted by atomic mass is 32.1. The molecule has 114 valence electrons. The van der Waals surface area contributed by atoms with E-state index in [0.29, 0.717) is 29.4 Å². The Bertz CT molecular complexity index is 636. The molecule has 1 aromatic carbocycles. The van der Waals surface area contributed by atoms with E-state index in [-0.39, 0.29) is 12.5 Å². The average Bonchev–Trinajstić information content (AvgIpc) is 2.80. The number of hydrogen-bond acceptors (Lipinski definition) is 4. The van der Waals surface area contributed by atoms with Crippen LogP contribution in [0.2, 0.25) is 0 Å². The first kappa shape index (κ1) is 15.8. The van der Waals surface area contributed by atoms with Crippen molar-refractivity contribution < 1.29 is 9.90 Å². The summed E-state index contributed by atoms with van der Waals surface area (Å²) < 4.78 is 1.03. The van der Waals surface area contributed by atoms with E-state index in [0.717, 1.165) is 22.1 Å². The zero-order valence-corrected chi connectivity index (χ0v) is 13.3. The van der Waals surface area contributed by atoms with Crippen LogP contribution in [0.4, 0.5) is 5.69 Å². The van der Waals surface area contributed by atoms with Gasteiger partial charge < -0.3 is 16.2 Å². The van der Waals surface area contributed by atoms with E-state index < -0.39 is 0 Å². The summed E-state index contributed by atoms with van der Waals surface area (Å²) in [6, 6.07) is 6.04. The summed E-state index contributed by atoms with van der Waals surface area (Å²) in [5.74, 6) is 0.180. The lowest BCUT2D eigenvalue weighted by Crippen LogP contribution is -2.29. The minimum atomic E-state index is -0.122. The largest absolute Gasteiger partial charge is 0.397 e. The first-order valence-corrected chi connectivity index (χ1v) is 8.06. The van der Waals surface area contributed by atoms with Crippen LogP contribution < -0.4 is 11.1 Å². The van der Waals surface area contributed by atoms with Gasteiger partial charge >= 0.3 is 0 Å². The highest BCUT2D eigenvalue weighted by Gasteiger charge is 2.17. The van der Waals surface area contributed by atoms with E-state index in [2.05, 4.69) is 12.2 Å². The number of thiophene rings is 1. The van der Waals surface area contributed by atoms with Crippen LogP contribution in [0.25, 0.3) is 10.1 Å². The van der Waals surface area contributed by atoms with Crippen LogP contribution in [-0.2, 0) is 0 Å². The van der Waals surface area contributed by atoms with Gasteiger partial charge in [-0.15, -0.1) is 11.3 Å². The number of aliphatic hydroxyl groups excluding tert-OH is 1. The molecule has 0 aliphatic heterocycles. The molecule has 1 atom stereocenters. The number of aliphatic hydroxyl groups is 1. The van der Waals surface area contributed by atoms with Crippen molar-refractivity contribution >= 4 is 33.0 Å². The molecule has 2 aromatic rings. The molecule has 5 heteroatoms. The van der Waals surface area contributed by atoms with Crippen LogP contribution in [0.1, 0.15) is 35.0 Å². The second-order valence-electron chi connectivity index (χ2n) is 5.34. The number of hydrogen-bond donors (Lipinski definition) is 3. The topological polar surface area (TPSA) is 75.3 Å². The summed E-state index contributed by atoms with van der Waals surface area (Å²) in [5.41, 5.74) is 7.81. The molecular formula is C16H22N2O2S. The smallest absolute Gasteiger partial charge is 0.263 e. The Morgan fingerprint density at radius 2 is 2.24 bits per heavy atom. The monoisotopic (exact) mass is 306 g/mol. The molecule has 0 saturated heterocycles. The predicted molar refractivity (Wildman–Crippen MR) is 88.8 cm³/mol. The Morgan fingerprint density at radius 1 is 1.48 bits per heavy atom. The first-order valence-electron chi connectivity index (χ1n) is 7.24. The molecule has 0 fully saturated rings. The number of carbonyl (C=O) groups excluding carboxylic acids is 1. The Hall–Kier alpha value is -1.59. The van der Waals surface area contributed by atoms with Gasteiger partial charge in [0.15, 0.2) is 0 Å². The Morgan fingerprint density at radius 3 is 2.90 bits per heavy atom. The number of carbonyl (C=O) groups is 1. The molecule has 4 nitrogen and oxygen atoms in total. The van der Waals surface area contributed by atoms with Gasteiger partial charge in [0, 0.05) is 23.2 Å². The van der Waals surface area contributed by atoms with E-state index in [1.807, 2.05) is 25.1 Å². The van der Waals surface area contributed by atoms with Gasteiger partial charge in [-0.05, 0) is 31.4 Å². The lowest BCUT2D eigenvalue weighted by Gasteiger charge is -2.13. The molecular weight excluding hydrogens is 284 g/mol. The highest BCUT2D eigenvalue weighted by Crippen LogP contribution is 2.34. The van der Waals surface area contributed by atoms with Crippen molar-refractivity contribution in [3.05, 3.63) is 28.6 Å². The number of nitrogen functional groups attached to an aromatic ring is 1. The lowest BCUT2D eigenvalue weighted by molar-refractivity contribution is 0.0948. The number of nitrogens with two attached hydrogens (primary N) is 1. The summed E-state index contributed by atoms with van der Waals surface area (Å²) in [6.07, 6.45) is 1.64. The van der Waals surface area contributed by atoms with Crippen molar-refractivity contribution in [2.24, 2.45) is 5.92 Å². The van der Waals surface area contributed by atoms with Gasteiger partial charge in [0.05, 0.1) is 5.69 Å². The molecule has 0 spiro atoms. The van der Waals surface area contributed by atoms with Crippen molar-refractivity contribution in [3.8, 4) is 0 Å². The molecule has 4 N–H and O–H groups in total. The van der Waals surface area contributed by atoms with Crippen molar-refractivity contribution in [2.75, 3.05) is 18.9 Å². The molecule has 21 heavy (non-hydrogen) atoms. The van der Waals surface area contributed by atoms with Gasteiger partial charge in [-0.1, -0.05) is 25.0 Å². The molecule has 1 unspecified atom stereocenters. The zero-order valence-electron chi connectivity index (χ0n) is 12.5. The summed E-state index contributed by atoms with van der Waals surface area (Å²) in [6.45, 7) is 4.79. The second kappa shape index (κ2) is 6.91. The summed E-state index contributed by atoms with van der Waals surface area (Å²) in [4.78, 5) is 12.9. The normalized spacial score (nSPS) is 12.5. The number of fused-ring (bicyclic) bond motifs is 1. The quantitative estimate of drug-likeness (QED) is 0.768. The number of rotatable bonds is 6. The predicted octanol–water partition coefficient (Wildman–Crippen LogP) is 2.93. The number of amides is 1. The number of nitrogens with one attached hydrogen (secondary N) is 1. The molecule has 0 aliphatic rings. The van der Waals surface area contributed by atoms with E-state index in [9.17, 15) is 4.79 Å². The first-order chi connectivity index (χ1) is 10.1. The van der Waals surface area contributed by atoms with E-state index in [4.69, 9.17) is 10.8 Å². The van der Waals surface area contributed by atoms with Gasteiger partial charge in [0.25, 0.3) is 5.91 Å². The van der Waals surface area contributed by atoms with Crippen LogP contribution in [0, 0.1) is 12.8 Å². The summed E-state index contributed by atoms with van der Waals surface area (Å²) >= 11 is 1.43. The fraction of sp³-hybridized carbons (Fsp3) is 0.438. The van der Waals surface area contributed by atoms with Crippen LogP contribution in [0.3, 0.4) is 0 Å². The maximum Gasteiger partial charge on any atom is 0.263 e. The van der Waals surface area contributed by atoms with Crippen molar-refractivity contribution in [1.82, 2.24) is 5.32 Å². The zero-order chi connectivity index (χ0) is 15.4. The van der Waals surface area contributed by atoms with Gasteiger partial charge in [-0.2, -0.15) is 0 Å². The van der Waals surface area contributed by atoms with Crippen molar-refractivity contribution in [3.63, 3.8) is 0 Å². The van der Waals surface area contributed by atoms with Gasteiger partial charge in [-0.25, -0.2) is 0 Å². The molecule has 2 rings (SSSR count). The van der Waals surface area contributed by atoms with Crippen LogP contribution >= 0.6 is 11.3 Å². The molecule has 1 aromatic heterocycles. The second-order valence-corrected chi connectivity index (χ2v) is 6.39. The third-order valence-corrected chi connectivity index (χ3v) is 4.94. The number of aryl methyl sites for hydroxylation is 1. The Labute approximate surface area is 129 Å². The van der Waals surface area contributed by atoms with Crippen LogP contribution in [0.15, 0.2) is 18.2 Å². The van der Waals surface area contributed by atoms with E-state index in [1.54, 1.807) is 0 Å². The summed E-state index contributed by atoms with van der Waals surface area (Å²) in [7, 11) is 0. The van der Waals surface area contributed by atoms with Gasteiger partial charge in [-0.3, -0.25) is 4.79 Å². The van der Waals surface area contributed by atoms with E-state index >= 15 is 0 Å². The van der Waals surface area contributed by atoms with Crippen molar-refractivity contribution in [2.45, 2.75) is 26.7 Å². The fourth-order valence-electron chi connectivity index (χ4n) is 2.35. The minimum Gasteiger partial charge on any atom is -0.397 e. The van der Waals surface area contributed by atoms with Crippen LogP contribution in [-0.4, -0.2) is 24.2 Å². The van der Waals surface area contributed by atoms with Crippen molar-refractivity contribution in [1.29, 1.82) is 0 Å². The minimum absolute atomic E-state index is 0.122. The average molecular weight is 306 g/mol. The van der Waals surface area contributed by atoms with Crippen LogP contribution in [0.5, 0.6) is 0 Å². The highest BCUT2D eigenvalue weighted by molar-refractivity contribution is 7.21. The maximum absolute atomic E-state index is 12.3. The third-order valence-electron chi connectivity index (χ3n) is 3.75. The van der Waals surface area contributed by atoms with Gasteiger partial charge in [0.1, 0.15) is 4.88 Å². The maximum atomic E-state index is 12.3. The molecule has 0 saturated carbocycles. The summed E-state index contributed by atoms with van der Waals surface area (Å²) in [5, 5.41) is 12.9. The molecule has 0 radical (unpaired) electrons. The fourth-order valence-corrected chi connectivity index (χ4v) is 3.37. The van der Waals surface area contributed by atoms with Gasteiger partial charge in [0.2, 0.25) is 0 Å². The third kappa shape index (κ3) is 3.54.